The summed E-state index contributed by atoms with van der Waals surface area (Å²) in [6.45, 7) is 2.80. The van der Waals surface area contributed by atoms with Gasteiger partial charge in [-0.25, -0.2) is 0 Å². The van der Waals surface area contributed by atoms with Crippen molar-refractivity contribution >= 4 is 11.9 Å². The summed E-state index contributed by atoms with van der Waals surface area (Å²) in [5.41, 5.74) is 2.51. The molecule has 160 valence electrons. The summed E-state index contributed by atoms with van der Waals surface area (Å²) < 4.78 is 5.66. The lowest BCUT2D eigenvalue weighted by atomic mass is 9.82. The van der Waals surface area contributed by atoms with Crippen LogP contribution >= 0.6 is 0 Å². The van der Waals surface area contributed by atoms with Gasteiger partial charge in [0.05, 0.1) is 44.3 Å². The summed E-state index contributed by atoms with van der Waals surface area (Å²) in [6.07, 6.45) is 2.56. The highest BCUT2D eigenvalue weighted by Crippen LogP contribution is 2.39. The summed E-state index contributed by atoms with van der Waals surface area (Å²) in [6, 6.07) is 21.1. The van der Waals surface area contributed by atoms with Crippen LogP contribution in [0.1, 0.15) is 17.2 Å². The standard InChI is InChI=1S/C25H26N2O4/c28-24(21-19-11-12-20(31-19)22(21)25(29)30)27-15-13-26(14-16-27)23(17-7-3-1-4-8-17)18-9-5-2-6-10-18/h1-12,19-23H,13-16H2,(H,29,30)/t19-,20+,21-,22-/m0/s1. The fourth-order valence-corrected chi connectivity index (χ4v) is 5.35. The molecule has 5 rings (SSSR count). The van der Waals surface area contributed by atoms with Crippen LogP contribution in [0.25, 0.3) is 0 Å². The van der Waals surface area contributed by atoms with Crippen LogP contribution < -0.4 is 10.0 Å². The fourth-order valence-electron chi connectivity index (χ4n) is 5.35. The van der Waals surface area contributed by atoms with E-state index in [-0.39, 0.29) is 11.9 Å². The SMILES string of the molecule is O=C([O-])[C@@H]1[C@@H](C(=O)N2CC[NH+](C(c3ccccc3)c3ccccc3)CC2)[C@@H]2C=C[C@H]1O2. The number of carboxylic acids is 1. The number of ether oxygens (including phenoxy) is 1. The van der Waals surface area contributed by atoms with Crippen LogP contribution in [0.5, 0.6) is 0 Å². The molecule has 3 aliphatic rings. The van der Waals surface area contributed by atoms with Crippen molar-refractivity contribution in [2.45, 2.75) is 18.2 Å². The molecule has 2 fully saturated rings. The quantitative estimate of drug-likeness (QED) is 0.684. The van der Waals surface area contributed by atoms with Crippen LogP contribution in [0, 0.1) is 11.8 Å². The van der Waals surface area contributed by atoms with Crippen molar-refractivity contribution in [3.8, 4) is 0 Å². The molecule has 6 nitrogen and oxygen atoms in total. The Labute approximate surface area is 181 Å². The molecule has 3 aliphatic heterocycles. The predicted molar refractivity (Wildman–Crippen MR) is 112 cm³/mol. The van der Waals surface area contributed by atoms with Crippen molar-refractivity contribution in [2.75, 3.05) is 26.2 Å². The number of carboxylic acid groups (broad SMARTS) is 1. The van der Waals surface area contributed by atoms with E-state index in [9.17, 15) is 14.7 Å². The van der Waals surface area contributed by atoms with E-state index < -0.39 is 30.0 Å². The third-order valence-corrected chi connectivity index (χ3v) is 6.85. The van der Waals surface area contributed by atoms with Gasteiger partial charge in [0.15, 0.2) is 0 Å². The van der Waals surface area contributed by atoms with Gasteiger partial charge in [-0.15, -0.1) is 0 Å². The first-order chi connectivity index (χ1) is 15.1. The fraction of sp³-hybridized carbons (Fsp3) is 0.360. The Balaban J connectivity index is 1.32. The third-order valence-electron chi connectivity index (χ3n) is 6.85. The van der Waals surface area contributed by atoms with Gasteiger partial charge < -0.3 is 24.4 Å². The van der Waals surface area contributed by atoms with Crippen molar-refractivity contribution < 1.29 is 24.3 Å². The van der Waals surface area contributed by atoms with Gasteiger partial charge in [-0.3, -0.25) is 4.79 Å². The first-order valence-corrected chi connectivity index (χ1v) is 10.9. The molecule has 1 amide bonds. The van der Waals surface area contributed by atoms with E-state index in [1.54, 1.807) is 6.08 Å². The Hall–Kier alpha value is -2.96. The minimum absolute atomic E-state index is 0.124. The van der Waals surface area contributed by atoms with Crippen molar-refractivity contribution in [1.82, 2.24) is 4.90 Å². The molecular formula is C25H26N2O4. The normalized spacial score (nSPS) is 27.7. The Morgan fingerprint density at radius 1 is 0.871 bits per heavy atom. The molecule has 0 aromatic heterocycles. The molecule has 0 aliphatic carbocycles. The molecule has 2 aromatic rings. The summed E-state index contributed by atoms with van der Waals surface area (Å²) in [4.78, 5) is 28.1. The highest BCUT2D eigenvalue weighted by molar-refractivity contribution is 5.86. The molecule has 31 heavy (non-hydrogen) atoms. The number of carbonyl (C=O) groups excluding carboxylic acids is 2. The zero-order valence-electron chi connectivity index (χ0n) is 17.2. The summed E-state index contributed by atoms with van der Waals surface area (Å²) in [5.74, 6) is -2.90. The van der Waals surface area contributed by atoms with E-state index in [1.165, 1.54) is 16.0 Å². The minimum Gasteiger partial charge on any atom is -0.550 e. The van der Waals surface area contributed by atoms with Gasteiger partial charge in [0, 0.05) is 23.0 Å². The number of nitrogens with zero attached hydrogens (tertiary/aromatic N) is 1. The summed E-state index contributed by atoms with van der Waals surface area (Å²) in [7, 11) is 0. The second kappa shape index (κ2) is 8.29. The lowest BCUT2D eigenvalue weighted by molar-refractivity contribution is -0.929. The van der Waals surface area contributed by atoms with Crippen LogP contribution in [0.2, 0.25) is 0 Å². The number of hydrogen-bond acceptors (Lipinski definition) is 4. The van der Waals surface area contributed by atoms with Crippen molar-refractivity contribution in [3.05, 3.63) is 83.9 Å². The number of amides is 1. The zero-order chi connectivity index (χ0) is 21.4. The molecule has 2 saturated heterocycles. The van der Waals surface area contributed by atoms with Crippen molar-refractivity contribution in [1.29, 1.82) is 0 Å². The van der Waals surface area contributed by atoms with E-state index in [0.717, 1.165) is 13.1 Å². The van der Waals surface area contributed by atoms with Crippen LogP contribution in [0.4, 0.5) is 0 Å². The average molecular weight is 418 g/mol. The van der Waals surface area contributed by atoms with Gasteiger partial charge in [0.1, 0.15) is 6.04 Å². The first-order valence-electron chi connectivity index (χ1n) is 10.9. The number of nitrogens with one attached hydrogen (secondary N) is 1. The van der Waals surface area contributed by atoms with E-state index >= 15 is 0 Å². The predicted octanol–water partition coefficient (Wildman–Crippen LogP) is -0.177. The summed E-state index contributed by atoms with van der Waals surface area (Å²) >= 11 is 0. The molecule has 3 heterocycles. The molecule has 4 atom stereocenters. The van der Waals surface area contributed by atoms with Crippen LogP contribution in [-0.4, -0.2) is 55.2 Å². The van der Waals surface area contributed by atoms with E-state index in [2.05, 4.69) is 48.5 Å². The molecular weight excluding hydrogens is 392 g/mol. The third kappa shape index (κ3) is 3.66. The number of benzene rings is 2. The second-order valence-electron chi connectivity index (χ2n) is 8.56. The Kier molecular flexibility index (Phi) is 5.34. The maximum atomic E-state index is 13.2. The number of carbonyl (C=O) groups is 2. The van der Waals surface area contributed by atoms with Crippen molar-refractivity contribution in [3.63, 3.8) is 0 Å². The van der Waals surface area contributed by atoms with Gasteiger partial charge >= 0.3 is 0 Å². The van der Waals surface area contributed by atoms with Gasteiger partial charge in [-0.1, -0.05) is 72.8 Å². The molecule has 0 unspecified atom stereocenters. The molecule has 2 aromatic carbocycles. The van der Waals surface area contributed by atoms with Crippen LogP contribution in [-0.2, 0) is 14.3 Å². The Morgan fingerprint density at radius 2 is 1.39 bits per heavy atom. The molecule has 2 bridgehead atoms. The topological polar surface area (TPSA) is 74.1 Å². The van der Waals surface area contributed by atoms with Gasteiger partial charge in [-0.2, -0.15) is 0 Å². The number of aliphatic carboxylic acids is 1. The molecule has 6 heteroatoms. The number of piperazine rings is 1. The van der Waals surface area contributed by atoms with Gasteiger partial charge in [0.2, 0.25) is 5.91 Å². The van der Waals surface area contributed by atoms with Gasteiger partial charge in [0.25, 0.3) is 0 Å². The second-order valence-corrected chi connectivity index (χ2v) is 8.56. The number of fused-ring (bicyclic) bond motifs is 2. The Morgan fingerprint density at radius 3 is 1.90 bits per heavy atom. The molecule has 1 N–H and O–H groups in total. The lowest BCUT2D eigenvalue weighted by Crippen LogP contribution is -3.15. The maximum absolute atomic E-state index is 13.2. The number of quaternary nitrogens is 1. The van der Waals surface area contributed by atoms with Crippen molar-refractivity contribution in [2.24, 2.45) is 11.8 Å². The van der Waals surface area contributed by atoms with Crippen LogP contribution in [0.3, 0.4) is 0 Å². The monoisotopic (exact) mass is 418 g/mol. The largest absolute Gasteiger partial charge is 0.550 e. The van der Waals surface area contributed by atoms with E-state index in [4.69, 9.17) is 4.74 Å². The minimum atomic E-state index is -1.20. The van der Waals surface area contributed by atoms with Gasteiger partial charge in [-0.05, 0) is 0 Å². The summed E-state index contributed by atoms with van der Waals surface area (Å²) in [5, 5.41) is 11.6. The lowest BCUT2D eigenvalue weighted by Gasteiger charge is -2.39. The molecule has 0 spiro atoms. The zero-order valence-corrected chi connectivity index (χ0v) is 17.2. The Bertz CT molecular complexity index is 930. The highest BCUT2D eigenvalue weighted by Gasteiger charge is 2.51. The smallest absolute Gasteiger partial charge is 0.229 e. The average Bonchev–Trinajstić information content (AvgIpc) is 3.43. The number of hydrogen-bond donors (Lipinski definition) is 1. The highest BCUT2D eigenvalue weighted by atomic mass is 16.5. The molecule has 0 radical (unpaired) electrons. The molecule has 0 saturated carbocycles. The van der Waals surface area contributed by atoms with E-state index in [0.29, 0.717) is 13.1 Å². The first kappa shape index (κ1) is 20.0. The maximum Gasteiger partial charge on any atom is 0.229 e. The van der Waals surface area contributed by atoms with Crippen LogP contribution in [0.15, 0.2) is 72.8 Å². The number of rotatable bonds is 5. The van der Waals surface area contributed by atoms with E-state index in [1.807, 2.05) is 23.1 Å².